The van der Waals surface area contributed by atoms with E-state index in [0.717, 1.165) is 19.3 Å². The van der Waals surface area contributed by atoms with Crippen LogP contribution in [0, 0.1) is 17.3 Å². The first-order chi connectivity index (χ1) is 21.2. The summed E-state index contributed by atoms with van der Waals surface area (Å²) in [6.07, 6.45) is 44.5. The van der Waals surface area contributed by atoms with Gasteiger partial charge in [-0.15, -0.1) is 0 Å². The van der Waals surface area contributed by atoms with Crippen LogP contribution in [0.2, 0.25) is 0 Å². The van der Waals surface area contributed by atoms with Crippen LogP contribution in [0.25, 0.3) is 0 Å². The molecule has 45 heavy (non-hydrogen) atoms. The Morgan fingerprint density at radius 1 is 0.644 bits per heavy atom. The van der Waals surface area contributed by atoms with E-state index in [9.17, 15) is 0 Å². The molecule has 0 heterocycles. The fourth-order valence-electron chi connectivity index (χ4n) is 5.40. The first-order valence-electron chi connectivity index (χ1n) is 16.9. The lowest BCUT2D eigenvalue weighted by Crippen LogP contribution is -2.35. The van der Waals surface area contributed by atoms with Gasteiger partial charge in [0.25, 0.3) is 0 Å². The van der Waals surface area contributed by atoms with Crippen molar-refractivity contribution in [3.63, 3.8) is 0 Å². The minimum Gasteiger partial charge on any atom is -0.0856 e. The number of hydrogen-bond acceptors (Lipinski definition) is 0. The molecule has 0 saturated carbocycles. The summed E-state index contributed by atoms with van der Waals surface area (Å²) < 4.78 is 0. The minimum atomic E-state index is 0.251. The molecule has 244 valence electrons. The SMILES string of the molecule is CC(C)=CCCC(C)=CC=CC(C)=CC=CC(C)=CC=CC=C(C)C=CC=C(C)C=CC1C(C)=CCC(CC=C(C)C)C1(C)C. The van der Waals surface area contributed by atoms with Gasteiger partial charge in [-0.25, -0.2) is 0 Å². The summed E-state index contributed by atoms with van der Waals surface area (Å²) in [6.45, 7) is 26.7. The van der Waals surface area contributed by atoms with Crippen molar-refractivity contribution >= 4 is 0 Å². The second-order valence-electron chi connectivity index (χ2n) is 14.0. The molecule has 0 nitrogen and oxygen atoms in total. The van der Waals surface area contributed by atoms with E-state index < -0.39 is 0 Å². The Bertz CT molecular complexity index is 1330. The average molecular weight is 605 g/mol. The minimum absolute atomic E-state index is 0.251. The highest BCUT2D eigenvalue weighted by Crippen LogP contribution is 2.47. The zero-order chi connectivity index (χ0) is 33.8. The molecule has 0 aromatic carbocycles. The first kappa shape index (κ1) is 39.6. The molecule has 0 heteroatoms. The smallest absolute Gasteiger partial charge is 0.00313 e. The second kappa shape index (κ2) is 21.4. The Balaban J connectivity index is 2.66. The molecule has 1 aliphatic carbocycles. The van der Waals surface area contributed by atoms with Crippen LogP contribution in [0.3, 0.4) is 0 Å². The van der Waals surface area contributed by atoms with Crippen LogP contribution in [0.15, 0.2) is 154 Å². The normalized spacial score (nSPS) is 20.7. The Hall–Kier alpha value is -3.38. The van der Waals surface area contributed by atoms with Crippen molar-refractivity contribution in [2.45, 2.75) is 109 Å². The molecule has 0 aromatic heterocycles. The van der Waals surface area contributed by atoms with Crippen molar-refractivity contribution in [1.82, 2.24) is 0 Å². The molecule has 0 amide bonds. The summed E-state index contributed by atoms with van der Waals surface area (Å²) in [5, 5.41) is 0. The van der Waals surface area contributed by atoms with Gasteiger partial charge in [-0.1, -0.05) is 168 Å². The monoisotopic (exact) mass is 605 g/mol. The van der Waals surface area contributed by atoms with Crippen LogP contribution in [0.1, 0.15) is 109 Å². The summed E-state index contributed by atoms with van der Waals surface area (Å²) >= 11 is 0. The lowest BCUT2D eigenvalue weighted by molar-refractivity contribution is 0.154. The Morgan fingerprint density at radius 2 is 1.11 bits per heavy atom. The third-order valence-electron chi connectivity index (χ3n) is 8.53. The third kappa shape index (κ3) is 17.6. The second-order valence-corrected chi connectivity index (χ2v) is 14.0. The molecule has 0 fully saturated rings. The molecule has 0 radical (unpaired) electrons. The third-order valence-corrected chi connectivity index (χ3v) is 8.53. The van der Waals surface area contributed by atoms with Crippen molar-refractivity contribution < 1.29 is 0 Å². The zero-order valence-corrected chi connectivity index (χ0v) is 30.9. The molecule has 1 aliphatic rings. The highest BCUT2D eigenvalue weighted by atomic mass is 14.4. The largest absolute Gasteiger partial charge is 0.0856 e. The summed E-state index contributed by atoms with van der Waals surface area (Å²) in [5.74, 6) is 1.15. The van der Waals surface area contributed by atoms with Crippen LogP contribution in [0.5, 0.6) is 0 Å². The van der Waals surface area contributed by atoms with Gasteiger partial charge in [0.1, 0.15) is 0 Å². The van der Waals surface area contributed by atoms with Gasteiger partial charge in [0.2, 0.25) is 0 Å². The van der Waals surface area contributed by atoms with Gasteiger partial charge in [0, 0.05) is 5.92 Å². The molecule has 2 atom stereocenters. The maximum Gasteiger partial charge on any atom is 0.00313 e. The van der Waals surface area contributed by atoms with E-state index >= 15 is 0 Å². The van der Waals surface area contributed by atoms with Gasteiger partial charge in [-0.05, 0) is 106 Å². The van der Waals surface area contributed by atoms with E-state index in [2.05, 4.69) is 192 Å². The van der Waals surface area contributed by atoms with Gasteiger partial charge < -0.3 is 0 Å². The summed E-state index contributed by atoms with van der Waals surface area (Å²) in [4.78, 5) is 0. The quantitative estimate of drug-likeness (QED) is 0.129. The van der Waals surface area contributed by atoms with Crippen molar-refractivity contribution in [2.75, 3.05) is 0 Å². The first-order valence-corrected chi connectivity index (χ1v) is 16.9. The van der Waals surface area contributed by atoms with E-state index in [1.165, 1.54) is 51.0 Å². The van der Waals surface area contributed by atoms with E-state index in [1.54, 1.807) is 0 Å². The molecule has 0 aliphatic heterocycles. The fraction of sp³-hybridized carbons (Fsp3) is 0.422. The molecule has 2 unspecified atom stereocenters. The highest BCUT2D eigenvalue weighted by molar-refractivity contribution is 5.33. The van der Waals surface area contributed by atoms with Gasteiger partial charge in [-0.3, -0.25) is 0 Å². The molecule has 0 N–H and O–H groups in total. The maximum atomic E-state index is 2.46. The van der Waals surface area contributed by atoms with Crippen molar-refractivity contribution in [1.29, 1.82) is 0 Å². The molecule has 0 aromatic rings. The standard InChI is InChI=1S/C45H64/c1-35(2)19-15-22-39(7)25-17-27-40(8)26-16-23-37(5)20-13-14-21-38(6)24-18-28-41(9)30-34-44-42(10)31-33-43(45(44,11)12)32-29-36(3)4/h13-14,16-21,23-31,34,43-44H,15,22,32-33H2,1-12H3. The van der Waals surface area contributed by atoms with Crippen molar-refractivity contribution in [2.24, 2.45) is 17.3 Å². The van der Waals surface area contributed by atoms with E-state index in [0.29, 0.717) is 11.8 Å². The van der Waals surface area contributed by atoms with Crippen molar-refractivity contribution in [3.05, 3.63) is 154 Å². The predicted octanol–water partition coefficient (Wildman–Crippen LogP) is 14.2. The van der Waals surface area contributed by atoms with Crippen LogP contribution >= 0.6 is 0 Å². The van der Waals surface area contributed by atoms with Crippen LogP contribution in [-0.2, 0) is 0 Å². The van der Waals surface area contributed by atoms with Gasteiger partial charge in [0.15, 0.2) is 0 Å². The van der Waals surface area contributed by atoms with Crippen LogP contribution < -0.4 is 0 Å². The average Bonchev–Trinajstić information content (AvgIpc) is 2.94. The lowest BCUT2D eigenvalue weighted by atomic mass is 9.61. The Kier molecular flexibility index (Phi) is 18.8. The topological polar surface area (TPSA) is 0 Å². The molecule has 0 bridgehead atoms. The summed E-state index contributed by atoms with van der Waals surface area (Å²) in [5.41, 5.74) is 10.9. The van der Waals surface area contributed by atoms with E-state index in [-0.39, 0.29) is 5.41 Å². The van der Waals surface area contributed by atoms with Crippen LogP contribution in [-0.4, -0.2) is 0 Å². The Labute approximate surface area is 279 Å². The summed E-state index contributed by atoms with van der Waals surface area (Å²) in [7, 11) is 0. The van der Waals surface area contributed by atoms with Gasteiger partial charge in [0.05, 0.1) is 0 Å². The predicted molar refractivity (Wildman–Crippen MR) is 206 cm³/mol. The molecule has 0 saturated heterocycles. The van der Waals surface area contributed by atoms with E-state index in [4.69, 9.17) is 0 Å². The molecule has 0 spiro atoms. The highest BCUT2D eigenvalue weighted by Gasteiger charge is 2.38. The van der Waals surface area contributed by atoms with Gasteiger partial charge >= 0.3 is 0 Å². The number of rotatable bonds is 15. The van der Waals surface area contributed by atoms with Gasteiger partial charge in [-0.2, -0.15) is 0 Å². The fourth-order valence-corrected chi connectivity index (χ4v) is 5.40. The molecular weight excluding hydrogens is 540 g/mol. The molecular formula is C45H64. The summed E-state index contributed by atoms with van der Waals surface area (Å²) in [6, 6.07) is 0. The number of allylic oxidation sites excluding steroid dienone is 26. The maximum absolute atomic E-state index is 2.46. The zero-order valence-electron chi connectivity index (χ0n) is 30.9. The van der Waals surface area contributed by atoms with E-state index in [1.807, 2.05) is 0 Å². The number of hydrogen-bond donors (Lipinski definition) is 0. The lowest BCUT2D eigenvalue weighted by Gasteiger charge is -2.43. The Morgan fingerprint density at radius 3 is 1.62 bits per heavy atom. The van der Waals surface area contributed by atoms with Crippen molar-refractivity contribution in [3.8, 4) is 0 Å². The van der Waals surface area contributed by atoms with Crippen LogP contribution in [0.4, 0.5) is 0 Å². The molecule has 1 rings (SSSR count).